The molecule has 2 N–H and O–H groups in total. The van der Waals surface area contributed by atoms with E-state index < -0.39 is 12.5 Å². The molecule has 1 amide bonds. The number of benzene rings is 2. The Kier molecular flexibility index (Phi) is 6.25. The number of halogens is 2. The average Bonchev–Trinajstić information content (AvgIpc) is 3.43. The third-order valence-corrected chi connectivity index (χ3v) is 6.06. The van der Waals surface area contributed by atoms with E-state index in [0.717, 1.165) is 4.90 Å². The van der Waals surface area contributed by atoms with Crippen LogP contribution in [0.2, 0.25) is 0 Å². The quantitative estimate of drug-likeness (QED) is 0.324. The van der Waals surface area contributed by atoms with Gasteiger partial charge in [-0.05, 0) is 42.5 Å². The molecule has 0 aliphatic rings. The van der Waals surface area contributed by atoms with Gasteiger partial charge in [0.25, 0.3) is 5.91 Å². The van der Waals surface area contributed by atoms with Gasteiger partial charge < -0.3 is 15.2 Å². The molecule has 2 aromatic carbocycles. The van der Waals surface area contributed by atoms with Gasteiger partial charge in [0.2, 0.25) is 0 Å². The Bertz CT molecular complexity index is 1570. The first-order chi connectivity index (χ1) is 17.4. The lowest BCUT2D eigenvalue weighted by atomic mass is 10.1. The molecule has 0 spiro atoms. The number of carbonyl (C=O) groups excluding carboxylic acids is 1. The van der Waals surface area contributed by atoms with Crippen LogP contribution in [0.25, 0.3) is 16.9 Å². The zero-order valence-corrected chi connectivity index (χ0v) is 19.5. The number of fused-ring (bicyclic) bond motifs is 1. The number of aryl methyl sites for hydroxylation is 1. The average molecular weight is 509 g/mol. The Hall–Kier alpha value is -4.45. The molecule has 0 bridgehead atoms. The predicted molar refractivity (Wildman–Crippen MR) is 128 cm³/mol. The van der Waals surface area contributed by atoms with Crippen LogP contribution in [0.15, 0.2) is 83.1 Å². The molecule has 182 valence electrons. The minimum Gasteiger partial charge on any atom is -0.508 e. The highest BCUT2D eigenvalue weighted by molar-refractivity contribution is 7.99. The van der Waals surface area contributed by atoms with E-state index in [9.17, 15) is 18.7 Å². The van der Waals surface area contributed by atoms with Gasteiger partial charge in [0.05, 0.1) is 11.9 Å². The minimum atomic E-state index is -3.06. The predicted octanol–water partition coefficient (Wildman–Crippen LogP) is 4.84. The molecule has 5 aromatic rings. The summed E-state index contributed by atoms with van der Waals surface area (Å²) >= 11 is 1.32. The number of anilines is 1. The number of carbonyl (C=O) groups is 1. The fraction of sp³-hybridized carbons (Fsp3) is 0.0833. The number of nitrogens with one attached hydrogen (secondary N) is 1. The summed E-state index contributed by atoms with van der Waals surface area (Å²) in [6.07, 6.45) is 6.17. The lowest BCUT2D eigenvalue weighted by Crippen LogP contribution is -2.12. The zero-order valence-electron chi connectivity index (χ0n) is 18.7. The van der Waals surface area contributed by atoms with E-state index in [4.69, 9.17) is 4.74 Å². The van der Waals surface area contributed by atoms with E-state index in [0.29, 0.717) is 10.5 Å². The highest BCUT2D eigenvalue weighted by Crippen LogP contribution is 2.40. The molecule has 5 rings (SSSR count). The number of nitrogens with zero attached hydrogens (tertiary/aromatic N) is 5. The molecule has 0 aliphatic heterocycles. The Morgan fingerprint density at radius 2 is 2.00 bits per heavy atom. The Morgan fingerprint density at radius 1 is 1.17 bits per heavy atom. The van der Waals surface area contributed by atoms with Crippen molar-refractivity contribution in [2.24, 2.45) is 7.05 Å². The summed E-state index contributed by atoms with van der Waals surface area (Å²) in [5.41, 5.74) is 1.39. The second kappa shape index (κ2) is 9.66. The van der Waals surface area contributed by atoms with E-state index in [1.54, 1.807) is 62.0 Å². The van der Waals surface area contributed by atoms with Gasteiger partial charge in [0.1, 0.15) is 22.8 Å². The number of alkyl halides is 2. The fourth-order valence-electron chi connectivity index (χ4n) is 3.60. The molecule has 12 heteroatoms. The first-order valence-corrected chi connectivity index (χ1v) is 11.4. The first kappa shape index (κ1) is 23.3. The number of ether oxygens (including phenoxy) is 1. The summed E-state index contributed by atoms with van der Waals surface area (Å²) in [4.78, 5) is 18.7. The van der Waals surface area contributed by atoms with Crippen LogP contribution in [0.1, 0.15) is 10.4 Å². The van der Waals surface area contributed by atoms with Crippen LogP contribution < -0.4 is 10.1 Å². The van der Waals surface area contributed by atoms with Crippen LogP contribution in [0.3, 0.4) is 0 Å². The summed E-state index contributed by atoms with van der Waals surface area (Å²) < 4.78 is 34.1. The third kappa shape index (κ3) is 4.84. The number of aromatic nitrogens is 5. The number of aromatic hydroxyl groups is 1. The number of phenols is 1. The Morgan fingerprint density at radius 3 is 2.81 bits per heavy atom. The van der Waals surface area contributed by atoms with Crippen LogP contribution in [0, 0.1) is 0 Å². The molecule has 3 heterocycles. The van der Waals surface area contributed by atoms with Gasteiger partial charge >= 0.3 is 6.61 Å². The highest BCUT2D eigenvalue weighted by Gasteiger charge is 2.22. The summed E-state index contributed by atoms with van der Waals surface area (Å²) in [6.45, 7) is -3.06. The smallest absolute Gasteiger partial charge is 0.387 e. The van der Waals surface area contributed by atoms with Gasteiger partial charge in [-0.2, -0.15) is 19.0 Å². The van der Waals surface area contributed by atoms with Crippen molar-refractivity contribution in [1.29, 1.82) is 0 Å². The normalized spacial score (nSPS) is 11.2. The van der Waals surface area contributed by atoms with Gasteiger partial charge in [-0.1, -0.05) is 17.8 Å². The van der Waals surface area contributed by atoms with Crippen LogP contribution >= 0.6 is 11.8 Å². The number of rotatable bonds is 7. The maximum atomic E-state index is 13.2. The van der Waals surface area contributed by atoms with Crippen LogP contribution in [0.4, 0.5) is 14.5 Å². The van der Waals surface area contributed by atoms with E-state index >= 15 is 0 Å². The van der Waals surface area contributed by atoms with E-state index in [-0.39, 0.29) is 34.0 Å². The molecule has 36 heavy (non-hydrogen) atoms. The topological polar surface area (TPSA) is 107 Å². The number of amides is 1. The summed E-state index contributed by atoms with van der Waals surface area (Å²) in [6, 6.07) is 13.0. The van der Waals surface area contributed by atoms with Crippen molar-refractivity contribution in [3.05, 3.63) is 78.9 Å². The van der Waals surface area contributed by atoms with Crippen molar-refractivity contribution in [3.8, 4) is 22.8 Å². The lowest BCUT2D eigenvalue weighted by Gasteiger charge is -2.13. The van der Waals surface area contributed by atoms with Crippen molar-refractivity contribution >= 4 is 29.0 Å². The van der Waals surface area contributed by atoms with E-state index in [1.165, 1.54) is 33.2 Å². The third-order valence-electron chi connectivity index (χ3n) is 5.08. The molecule has 0 aliphatic carbocycles. The van der Waals surface area contributed by atoms with E-state index in [2.05, 4.69) is 20.5 Å². The SMILES string of the molecule is Cn1cc(NC(=O)c2cnn3cccnc23)c(-c2cc(Sc3cccc(O)c3)ccc2OC(F)F)n1. The second-order valence-electron chi connectivity index (χ2n) is 7.60. The van der Waals surface area contributed by atoms with Crippen LogP contribution in [-0.4, -0.2) is 42.0 Å². The first-order valence-electron chi connectivity index (χ1n) is 10.6. The van der Waals surface area contributed by atoms with Crippen molar-refractivity contribution in [3.63, 3.8) is 0 Å². The van der Waals surface area contributed by atoms with Gasteiger partial charge in [-0.3, -0.25) is 9.48 Å². The second-order valence-corrected chi connectivity index (χ2v) is 8.75. The molecule has 3 aromatic heterocycles. The van der Waals surface area contributed by atoms with Crippen molar-refractivity contribution in [2.75, 3.05) is 5.32 Å². The molecule has 0 fully saturated rings. The number of hydrogen-bond donors (Lipinski definition) is 2. The largest absolute Gasteiger partial charge is 0.508 e. The van der Waals surface area contributed by atoms with Gasteiger partial charge in [0.15, 0.2) is 5.65 Å². The molecular weight excluding hydrogens is 490 g/mol. The molecule has 0 radical (unpaired) electrons. The molecule has 9 nitrogen and oxygen atoms in total. The van der Waals surface area contributed by atoms with Crippen molar-refractivity contribution in [1.82, 2.24) is 24.4 Å². The summed E-state index contributed by atoms with van der Waals surface area (Å²) in [5, 5.41) is 21.1. The Labute approximate surface area is 207 Å². The van der Waals surface area contributed by atoms with Crippen LogP contribution in [-0.2, 0) is 7.05 Å². The number of phenolic OH excluding ortho intramolecular Hbond substituents is 1. The molecular formula is C24H18F2N6O3S. The zero-order chi connectivity index (χ0) is 25.2. The lowest BCUT2D eigenvalue weighted by molar-refractivity contribution is -0.0494. The maximum absolute atomic E-state index is 13.2. The van der Waals surface area contributed by atoms with Crippen molar-refractivity contribution < 1.29 is 23.4 Å². The fourth-order valence-corrected chi connectivity index (χ4v) is 4.51. The molecule has 0 saturated heterocycles. The van der Waals surface area contributed by atoms with Gasteiger partial charge in [-0.15, -0.1) is 0 Å². The molecule has 0 unspecified atom stereocenters. The highest BCUT2D eigenvalue weighted by atomic mass is 32.2. The van der Waals surface area contributed by atoms with Gasteiger partial charge in [-0.25, -0.2) is 9.50 Å². The monoisotopic (exact) mass is 508 g/mol. The molecule has 0 saturated carbocycles. The summed E-state index contributed by atoms with van der Waals surface area (Å²) in [5.74, 6) is -0.480. The standard InChI is InChI=1S/C24H18F2N6O3S/c1-31-13-19(29-23(34)18-12-28-32-9-3-8-27-22(18)32)21(30-31)17-11-16(6-7-20(17)35-24(25)26)36-15-5-2-4-14(33)10-15/h2-13,24,33H,1H3,(H,29,34). The molecule has 0 atom stereocenters. The Balaban J connectivity index is 1.52. The van der Waals surface area contributed by atoms with E-state index in [1.807, 2.05) is 6.07 Å². The summed E-state index contributed by atoms with van der Waals surface area (Å²) in [7, 11) is 1.65. The maximum Gasteiger partial charge on any atom is 0.387 e. The van der Waals surface area contributed by atoms with Crippen LogP contribution in [0.5, 0.6) is 11.5 Å². The minimum absolute atomic E-state index is 0.0999. The van der Waals surface area contributed by atoms with Gasteiger partial charge in [0, 0.05) is 41.0 Å². The van der Waals surface area contributed by atoms with Crippen molar-refractivity contribution in [2.45, 2.75) is 16.4 Å². The number of hydrogen-bond acceptors (Lipinski definition) is 7.